The molecule has 0 aliphatic heterocycles. The van der Waals surface area contributed by atoms with Crippen molar-refractivity contribution >= 4 is 11.9 Å². The van der Waals surface area contributed by atoms with Crippen molar-refractivity contribution in [3.8, 4) is 0 Å². The summed E-state index contributed by atoms with van der Waals surface area (Å²) in [5.74, 6) is -3.91. The molecule has 0 aromatic rings. The van der Waals surface area contributed by atoms with Crippen molar-refractivity contribution in [1.29, 1.82) is 0 Å². The van der Waals surface area contributed by atoms with Crippen molar-refractivity contribution in [1.82, 2.24) is 12.3 Å². The molecule has 0 aliphatic rings. The molecule has 12 N–H and O–H groups in total. The van der Waals surface area contributed by atoms with Crippen molar-refractivity contribution in [3.05, 3.63) is 0 Å². The summed E-state index contributed by atoms with van der Waals surface area (Å²) < 4.78 is 0. The first-order valence-electron chi connectivity index (χ1n) is 3.25. The van der Waals surface area contributed by atoms with E-state index in [1.165, 1.54) is 0 Å². The van der Waals surface area contributed by atoms with E-state index in [1.54, 1.807) is 0 Å². The van der Waals surface area contributed by atoms with E-state index in [2.05, 4.69) is 0 Å². The Kier molecular flexibility index (Phi) is 20.9. The maximum atomic E-state index is 10.2. The molecule has 14 heavy (non-hydrogen) atoms. The van der Waals surface area contributed by atoms with E-state index in [0.29, 0.717) is 13.0 Å². The second-order valence-corrected chi connectivity index (χ2v) is 2.16. The summed E-state index contributed by atoms with van der Waals surface area (Å²) in [5, 5.41) is 16.7. The molecule has 8 heteroatoms. The molecule has 88 valence electrons. The molecule has 0 aromatic heterocycles. The van der Waals surface area contributed by atoms with Crippen LogP contribution in [0.25, 0.3) is 0 Å². The molecule has 0 unspecified atom stereocenters. The van der Waals surface area contributed by atoms with E-state index in [1.807, 2.05) is 0 Å². The SMILES string of the molecule is NCCCC(C(=O)O)C(=O)O.[NH4+].[NH4+].[Pt+2]. The summed E-state index contributed by atoms with van der Waals surface area (Å²) in [6.45, 7) is 0.317. The topological polar surface area (TPSA) is 174 Å². The molecule has 0 aromatic carbocycles. The maximum absolute atomic E-state index is 10.2. The Morgan fingerprint density at radius 2 is 1.50 bits per heavy atom. The fourth-order valence-corrected chi connectivity index (χ4v) is 0.675. The zero-order valence-electron chi connectivity index (χ0n) is 8.30. The molecule has 0 bridgehead atoms. The molecule has 0 fully saturated rings. The van der Waals surface area contributed by atoms with Crippen LogP contribution in [0.15, 0.2) is 0 Å². The van der Waals surface area contributed by atoms with Gasteiger partial charge in [0.2, 0.25) is 0 Å². The third-order valence-electron chi connectivity index (χ3n) is 1.29. The summed E-state index contributed by atoms with van der Waals surface area (Å²) in [4.78, 5) is 20.5. The molecule has 0 saturated heterocycles. The minimum absolute atomic E-state index is 0. The number of rotatable bonds is 5. The summed E-state index contributed by atoms with van der Waals surface area (Å²) in [6, 6.07) is 0. The van der Waals surface area contributed by atoms with Gasteiger partial charge in [0.25, 0.3) is 0 Å². The standard InChI is InChI=1S/C6H11NO4.2H3N.Pt/c7-3-1-2-4(5(8)9)6(10)11;;;/h4H,1-3,7H2,(H,8,9)(H,10,11);2*1H3;/q;;;+2/p+2. The van der Waals surface area contributed by atoms with Crippen molar-refractivity contribution in [3.63, 3.8) is 0 Å². The Morgan fingerprint density at radius 3 is 1.71 bits per heavy atom. The van der Waals surface area contributed by atoms with Gasteiger partial charge in [-0.15, -0.1) is 0 Å². The Bertz CT molecular complexity index is 153. The van der Waals surface area contributed by atoms with Crippen molar-refractivity contribution in [2.24, 2.45) is 11.7 Å². The largest absolute Gasteiger partial charge is 2.00 e. The van der Waals surface area contributed by atoms with Crippen LogP contribution >= 0.6 is 0 Å². The third-order valence-corrected chi connectivity index (χ3v) is 1.29. The Balaban J connectivity index is -0.000000167. The Morgan fingerprint density at radius 1 is 1.14 bits per heavy atom. The number of hydrogen-bond acceptors (Lipinski definition) is 3. The molecule has 0 radical (unpaired) electrons. The first-order valence-corrected chi connectivity index (χ1v) is 3.25. The maximum Gasteiger partial charge on any atom is 2.00 e. The minimum atomic E-state index is -1.31. The van der Waals surface area contributed by atoms with Crippen LogP contribution in [0.3, 0.4) is 0 Å². The molecule has 0 amide bonds. The van der Waals surface area contributed by atoms with Crippen LogP contribution in [-0.2, 0) is 30.7 Å². The fraction of sp³-hybridized carbons (Fsp3) is 0.667. The molecule has 0 saturated carbocycles. The van der Waals surface area contributed by atoms with Crippen LogP contribution in [0.5, 0.6) is 0 Å². The minimum Gasteiger partial charge on any atom is -0.481 e. The Labute approximate surface area is 96.5 Å². The van der Waals surface area contributed by atoms with Gasteiger partial charge in [-0.25, -0.2) is 0 Å². The second kappa shape index (κ2) is 12.5. The molecular formula is C6H19N3O4Pt+4. The third kappa shape index (κ3) is 9.60. The smallest absolute Gasteiger partial charge is 0.481 e. The molecule has 0 atom stereocenters. The number of aliphatic carboxylic acids is 2. The van der Waals surface area contributed by atoms with Crippen molar-refractivity contribution < 1.29 is 40.9 Å². The van der Waals surface area contributed by atoms with E-state index in [-0.39, 0.29) is 39.8 Å². The fourth-order valence-electron chi connectivity index (χ4n) is 0.675. The van der Waals surface area contributed by atoms with Gasteiger partial charge in [-0.1, -0.05) is 0 Å². The van der Waals surface area contributed by atoms with Crippen LogP contribution in [0.4, 0.5) is 0 Å². The van der Waals surface area contributed by atoms with Crippen molar-refractivity contribution in [2.45, 2.75) is 12.8 Å². The van der Waals surface area contributed by atoms with Crippen LogP contribution in [-0.4, -0.2) is 28.7 Å². The summed E-state index contributed by atoms with van der Waals surface area (Å²) in [5.41, 5.74) is 5.09. The molecule has 0 spiro atoms. The van der Waals surface area contributed by atoms with Gasteiger partial charge in [-0.05, 0) is 19.4 Å². The van der Waals surface area contributed by atoms with E-state index >= 15 is 0 Å². The zero-order chi connectivity index (χ0) is 8.85. The van der Waals surface area contributed by atoms with Gasteiger partial charge in [0.05, 0.1) is 0 Å². The molecule has 0 aliphatic carbocycles. The number of nitrogens with two attached hydrogens (primary N) is 1. The number of carboxylic acid groups (broad SMARTS) is 2. The average molecular weight is 392 g/mol. The molecule has 0 rings (SSSR count). The van der Waals surface area contributed by atoms with Crippen LogP contribution in [0.2, 0.25) is 0 Å². The molecule has 0 heterocycles. The number of carboxylic acids is 2. The second-order valence-electron chi connectivity index (χ2n) is 2.16. The van der Waals surface area contributed by atoms with E-state index in [9.17, 15) is 9.59 Å². The van der Waals surface area contributed by atoms with Gasteiger partial charge in [0.1, 0.15) is 0 Å². The van der Waals surface area contributed by atoms with Crippen LogP contribution < -0.4 is 18.0 Å². The molecular weight excluding hydrogens is 373 g/mol. The van der Waals surface area contributed by atoms with Crippen LogP contribution in [0.1, 0.15) is 12.8 Å². The predicted octanol–water partition coefficient (Wildman–Crippen LogP) is 0.261. The van der Waals surface area contributed by atoms with Crippen LogP contribution in [0, 0.1) is 5.92 Å². The summed E-state index contributed by atoms with van der Waals surface area (Å²) in [7, 11) is 0. The van der Waals surface area contributed by atoms with Gasteiger partial charge in [0.15, 0.2) is 5.92 Å². The van der Waals surface area contributed by atoms with Gasteiger partial charge >= 0.3 is 33.0 Å². The Hall–Kier alpha value is -0.492. The number of quaternary nitrogens is 2. The normalized spacial score (nSPS) is 7.86. The first kappa shape index (κ1) is 23.4. The number of hydrogen-bond donors (Lipinski definition) is 5. The summed E-state index contributed by atoms with van der Waals surface area (Å²) >= 11 is 0. The quantitative estimate of drug-likeness (QED) is 0.421. The monoisotopic (exact) mass is 392 g/mol. The molecule has 7 nitrogen and oxygen atoms in total. The zero-order valence-corrected chi connectivity index (χ0v) is 10.6. The summed E-state index contributed by atoms with van der Waals surface area (Å²) in [6.07, 6.45) is 0.518. The van der Waals surface area contributed by atoms with E-state index in [0.717, 1.165) is 0 Å². The van der Waals surface area contributed by atoms with Gasteiger partial charge in [0, 0.05) is 0 Å². The number of carbonyl (C=O) groups is 2. The van der Waals surface area contributed by atoms with E-state index in [4.69, 9.17) is 15.9 Å². The predicted molar refractivity (Wildman–Crippen MR) is 49.0 cm³/mol. The van der Waals surface area contributed by atoms with Gasteiger partial charge < -0.3 is 28.2 Å². The first-order chi connectivity index (χ1) is 5.09. The van der Waals surface area contributed by atoms with Gasteiger partial charge in [-0.3, -0.25) is 9.59 Å². The van der Waals surface area contributed by atoms with E-state index < -0.39 is 17.9 Å². The van der Waals surface area contributed by atoms with Crippen molar-refractivity contribution in [2.75, 3.05) is 6.54 Å². The average Bonchev–Trinajstić information content (AvgIpc) is 1.87. The van der Waals surface area contributed by atoms with Gasteiger partial charge in [-0.2, -0.15) is 0 Å².